The lowest BCUT2D eigenvalue weighted by Crippen LogP contribution is -2.21. The first-order valence-electron chi connectivity index (χ1n) is 7.79. The minimum absolute atomic E-state index is 0.289. The number of aryl methyl sites for hydroxylation is 1. The zero-order valence-electron chi connectivity index (χ0n) is 14.6. The minimum Gasteiger partial charge on any atom is -0.462 e. The maximum atomic E-state index is 12.6. The Kier molecular flexibility index (Phi) is 5.07. The van der Waals surface area contributed by atoms with Gasteiger partial charge in [0.15, 0.2) is 0 Å². The third-order valence-electron chi connectivity index (χ3n) is 3.45. The van der Waals surface area contributed by atoms with Crippen LogP contribution in [0.4, 0.5) is 5.69 Å². The third kappa shape index (κ3) is 3.82. The van der Waals surface area contributed by atoms with Crippen molar-refractivity contribution in [2.75, 3.05) is 11.9 Å². The number of hydrogen-bond donors (Lipinski definition) is 1. The highest BCUT2D eigenvalue weighted by Gasteiger charge is 2.28. The molecule has 1 amide bonds. The summed E-state index contributed by atoms with van der Waals surface area (Å²) in [5, 5.41) is 6.82. The average molecular weight is 330 g/mol. The number of ether oxygens (including phenoxy) is 1. The predicted molar refractivity (Wildman–Crippen MR) is 90.3 cm³/mol. The van der Waals surface area contributed by atoms with E-state index in [1.54, 1.807) is 38.1 Å². The van der Waals surface area contributed by atoms with E-state index in [2.05, 4.69) is 10.5 Å². The molecule has 0 aliphatic carbocycles. The molecule has 1 heterocycles. The van der Waals surface area contributed by atoms with Gasteiger partial charge >= 0.3 is 5.97 Å². The molecule has 0 aliphatic heterocycles. The molecule has 2 rings (SSSR count). The van der Waals surface area contributed by atoms with Crippen molar-refractivity contribution >= 4 is 17.6 Å². The van der Waals surface area contributed by atoms with Crippen molar-refractivity contribution in [3.05, 3.63) is 46.8 Å². The van der Waals surface area contributed by atoms with Crippen molar-refractivity contribution < 1.29 is 18.8 Å². The number of carbonyl (C=O) groups excluding carboxylic acids is 2. The summed E-state index contributed by atoms with van der Waals surface area (Å²) in [5.41, 5.74) is 1.76. The summed E-state index contributed by atoms with van der Waals surface area (Å²) in [7, 11) is 0. The van der Waals surface area contributed by atoms with Gasteiger partial charge in [0.25, 0.3) is 5.91 Å². The third-order valence-corrected chi connectivity index (χ3v) is 3.45. The molecule has 0 saturated carbocycles. The quantitative estimate of drug-likeness (QED) is 0.864. The van der Waals surface area contributed by atoms with E-state index in [0.717, 1.165) is 0 Å². The number of benzene rings is 1. The van der Waals surface area contributed by atoms with Crippen LogP contribution in [0, 0.1) is 6.92 Å². The number of hydrogen-bond acceptors (Lipinski definition) is 5. The highest BCUT2D eigenvalue weighted by Crippen LogP contribution is 2.27. The van der Waals surface area contributed by atoms with Crippen LogP contribution in [0.3, 0.4) is 0 Å². The number of rotatable bonds is 4. The molecule has 0 unspecified atom stereocenters. The van der Waals surface area contributed by atoms with Gasteiger partial charge in [-0.05, 0) is 38.1 Å². The van der Waals surface area contributed by atoms with Crippen LogP contribution in [0.5, 0.6) is 0 Å². The Bertz CT molecular complexity index is 739. The molecule has 0 spiro atoms. The van der Waals surface area contributed by atoms with E-state index < -0.39 is 0 Å². The molecule has 0 saturated heterocycles. The largest absolute Gasteiger partial charge is 0.462 e. The van der Waals surface area contributed by atoms with Gasteiger partial charge in [0.2, 0.25) is 0 Å². The van der Waals surface area contributed by atoms with E-state index in [1.165, 1.54) is 0 Å². The van der Waals surface area contributed by atoms with Gasteiger partial charge in [-0.15, -0.1) is 0 Å². The second kappa shape index (κ2) is 6.86. The van der Waals surface area contributed by atoms with Crippen molar-refractivity contribution in [3.8, 4) is 0 Å². The summed E-state index contributed by atoms with van der Waals surface area (Å²) < 4.78 is 10.1. The van der Waals surface area contributed by atoms with E-state index in [-0.39, 0.29) is 17.3 Å². The van der Waals surface area contributed by atoms with E-state index in [4.69, 9.17) is 9.26 Å². The van der Waals surface area contributed by atoms with Crippen LogP contribution in [-0.2, 0) is 10.2 Å². The summed E-state index contributed by atoms with van der Waals surface area (Å²) in [6, 6.07) is 6.53. The molecule has 1 aromatic heterocycles. The number of aromatic nitrogens is 1. The van der Waals surface area contributed by atoms with E-state index in [9.17, 15) is 9.59 Å². The molecule has 24 heavy (non-hydrogen) atoms. The molecular formula is C18H22N2O4. The van der Waals surface area contributed by atoms with Gasteiger partial charge < -0.3 is 14.6 Å². The monoisotopic (exact) mass is 330 g/mol. The normalized spacial score (nSPS) is 11.2. The maximum absolute atomic E-state index is 12.6. The van der Waals surface area contributed by atoms with Gasteiger partial charge in [-0.3, -0.25) is 4.79 Å². The second-order valence-electron chi connectivity index (χ2n) is 6.46. The maximum Gasteiger partial charge on any atom is 0.338 e. The fourth-order valence-electron chi connectivity index (χ4n) is 2.25. The number of esters is 1. The zero-order valence-corrected chi connectivity index (χ0v) is 14.6. The van der Waals surface area contributed by atoms with Gasteiger partial charge in [-0.1, -0.05) is 25.9 Å². The van der Waals surface area contributed by atoms with Crippen LogP contribution in [-0.4, -0.2) is 23.6 Å². The van der Waals surface area contributed by atoms with Gasteiger partial charge in [-0.25, -0.2) is 4.79 Å². The fourth-order valence-corrected chi connectivity index (χ4v) is 2.25. The first-order chi connectivity index (χ1) is 11.2. The average Bonchev–Trinajstić information content (AvgIpc) is 2.90. The van der Waals surface area contributed by atoms with Crippen LogP contribution >= 0.6 is 0 Å². The standard InChI is InChI=1S/C18H22N2O4/c1-6-23-17(22)12-7-9-13(10-8-12)19-16(21)14-11(2)24-20-15(14)18(3,4)5/h7-10H,6H2,1-5H3,(H,19,21). The molecule has 0 bridgehead atoms. The van der Waals surface area contributed by atoms with Crippen molar-refractivity contribution in [2.24, 2.45) is 0 Å². The van der Waals surface area contributed by atoms with Crippen LogP contribution in [0.1, 0.15) is 59.9 Å². The van der Waals surface area contributed by atoms with Gasteiger partial charge in [-0.2, -0.15) is 0 Å². The number of amides is 1. The lowest BCUT2D eigenvalue weighted by molar-refractivity contribution is 0.0526. The molecule has 0 radical (unpaired) electrons. The molecule has 1 N–H and O–H groups in total. The first kappa shape index (κ1) is 17.7. The Morgan fingerprint density at radius 1 is 1.21 bits per heavy atom. The lowest BCUT2D eigenvalue weighted by atomic mass is 9.88. The van der Waals surface area contributed by atoms with Crippen LogP contribution < -0.4 is 5.32 Å². The van der Waals surface area contributed by atoms with Crippen LogP contribution in [0.2, 0.25) is 0 Å². The van der Waals surface area contributed by atoms with Crippen molar-refractivity contribution in [1.29, 1.82) is 0 Å². The Morgan fingerprint density at radius 3 is 2.38 bits per heavy atom. The van der Waals surface area contributed by atoms with Crippen LogP contribution in [0.15, 0.2) is 28.8 Å². The molecule has 0 fully saturated rings. The number of anilines is 1. The topological polar surface area (TPSA) is 81.4 Å². The molecular weight excluding hydrogens is 308 g/mol. The van der Waals surface area contributed by atoms with Crippen LogP contribution in [0.25, 0.3) is 0 Å². The molecule has 6 heteroatoms. The smallest absolute Gasteiger partial charge is 0.338 e. The van der Waals surface area contributed by atoms with Gasteiger partial charge in [0.1, 0.15) is 17.0 Å². The summed E-state index contributed by atoms with van der Waals surface area (Å²) in [6.45, 7) is 9.68. The van der Waals surface area contributed by atoms with Crippen molar-refractivity contribution in [3.63, 3.8) is 0 Å². The molecule has 128 valence electrons. The Morgan fingerprint density at radius 2 is 1.83 bits per heavy atom. The number of carbonyl (C=O) groups is 2. The predicted octanol–water partition coefficient (Wildman–Crippen LogP) is 3.71. The Hall–Kier alpha value is -2.63. The molecule has 2 aromatic rings. The summed E-state index contributed by atoms with van der Waals surface area (Å²) >= 11 is 0. The fraction of sp³-hybridized carbons (Fsp3) is 0.389. The molecule has 0 atom stereocenters. The highest BCUT2D eigenvalue weighted by atomic mass is 16.5. The van der Waals surface area contributed by atoms with Gasteiger partial charge in [0.05, 0.1) is 12.2 Å². The lowest BCUT2D eigenvalue weighted by Gasteiger charge is -2.16. The number of nitrogens with one attached hydrogen (secondary N) is 1. The number of nitrogens with zero attached hydrogens (tertiary/aromatic N) is 1. The Labute approximate surface area is 141 Å². The first-order valence-corrected chi connectivity index (χ1v) is 7.79. The van der Waals surface area contributed by atoms with E-state index >= 15 is 0 Å². The molecule has 0 aliphatic rings. The van der Waals surface area contributed by atoms with E-state index in [0.29, 0.717) is 34.9 Å². The summed E-state index contributed by atoms with van der Waals surface area (Å²) in [4.78, 5) is 24.2. The van der Waals surface area contributed by atoms with Crippen molar-refractivity contribution in [1.82, 2.24) is 5.16 Å². The summed E-state index contributed by atoms with van der Waals surface area (Å²) in [6.07, 6.45) is 0. The van der Waals surface area contributed by atoms with E-state index in [1.807, 2.05) is 20.8 Å². The molecule has 6 nitrogen and oxygen atoms in total. The summed E-state index contributed by atoms with van der Waals surface area (Å²) in [5.74, 6) is -0.205. The highest BCUT2D eigenvalue weighted by molar-refractivity contribution is 6.06. The Balaban J connectivity index is 2.19. The zero-order chi connectivity index (χ0) is 17.9. The second-order valence-corrected chi connectivity index (χ2v) is 6.46. The minimum atomic E-state index is -0.389. The SMILES string of the molecule is CCOC(=O)c1ccc(NC(=O)c2c(C(C)(C)C)noc2C)cc1. The van der Waals surface area contributed by atoms with Gasteiger partial charge in [0, 0.05) is 11.1 Å². The molecule has 1 aromatic carbocycles. The van der Waals surface area contributed by atoms with Crippen molar-refractivity contribution in [2.45, 2.75) is 40.0 Å².